The van der Waals surface area contributed by atoms with Crippen molar-refractivity contribution in [3.63, 3.8) is 0 Å². The molecule has 0 spiro atoms. The van der Waals surface area contributed by atoms with E-state index in [1.807, 2.05) is 18.5 Å². The highest BCUT2D eigenvalue weighted by Crippen LogP contribution is 2.27. The van der Waals surface area contributed by atoms with E-state index in [0.717, 1.165) is 29.8 Å². The minimum atomic E-state index is -2.91. The predicted molar refractivity (Wildman–Crippen MR) is 78.9 cm³/mol. The van der Waals surface area contributed by atoms with Gasteiger partial charge in [0.2, 0.25) is 5.91 Å². The molecule has 2 aliphatic rings. The van der Waals surface area contributed by atoms with E-state index in [2.05, 4.69) is 10.4 Å². The molecule has 0 saturated carbocycles. The summed E-state index contributed by atoms with van der Waals surface area (Å²) in [6.45, 7) is 3.95. The fourth-order valence-electron chi connectivity index (χ4n) is 3.39. The van der Waals surface area contributed by atoms with Gasteiger partial charge in [0, 0.05) is 18.2 Å². The number of aromatic nitrogens is 2. The van der Waals surface area contributed by atoms with Crippen LogP contribution in [0.15, 0.2) is 0 Å². The van der Waals surface area contributed by atoms with Crippen molar-refractivity contribution in [1.82, 2.24) is 15.1 Å². The predicted octanol–water partition coefficient (Wildman–Crippen LogP) is 0.681. The molecule has 0 bridgehead atoms. The average Bonchev–Trinajstić information content (AvgIpc) is 3.04. The van der Waals surface area contributed by atoms with Gasteiger partial charge in [0.15, 0.2) is 9.84 Å². The number of nitrogens with zero attached hydrogens (tertiary/aromatic N) is 2. The summed E-state index contributed by atoms with van der Waals surface area (Å²) in [6.07, 6.45) is 2.88. The minimum absolute atomic E-state index is 0.0411. The van der Waals surface area contributed by atoms with Crippen molar-refractivity contribution in [2.24, 2.45) is 0 Å². The first-order valence-electron chi connectivity index (χ1n) is 7.40. The van der Waals surface area contributed by atoms with E-state index in [9.17, 15) is 13.2 Å². The van der Waals surface area contributed by atoms with Crippen LogP contribution in [-0.4, -0.2) is 41.7 Å². The van der Waals surface area contributed by atoms with Crippen LogP contribution in [0.25, 0.3) is 0 Å². The lowest BCUT2D eigenvalue weighted by molar-refractivity contribution is -0.119. The van der Waals surface area contributed by atoms with Crippen molar-refractivity contribution in [1.29, 1.82) is 0 Å². The molecule has 2 fully saturated rings. The molecule has 2 aliphatic heterocycles. The van der Waals surface area contributed by atoms with Crippen LogP contribution in [0.3, 0.4) is 0 Å². The third-order valence-corrected chi connectivity index (χ3v) is 6.31. The minimum Gasteiger partial charge on any atom is -0.353 e. The molecule has 116 valence electrons. The molecule has 1 aromatic heterocycles. The fourth-order valence-corrected chi connectivity index (χ4v) is 5.09. The summed E-state index contributed by atoms with van der Waals surface area (Å²) in [7, 11) is -2.91. The van der Waals surface area contributed by atoms with E-state index in [-0.39, 0.29) is 29.5 Å². The second-order valence-corrected chi connectivity index (χ2v) is 8.39. The van der Waals surface area contributed by atoms with Crippen molar-refractivity contribution in [2.45, 2.75) is 51.6 Å². The zero-order chi connectivity index (χ0) is 15.2. The number of amides is 1. The molecule has 2 saturated heterocycles. The summed E-state index contributed by atoms with van der Waals surface area (Å²) in [4.78, 5) is 11.3. The third kappa shape index (κ3) is 2.84. The van der Waals surface area contributed by atoms with Gasteiger partial charge in [-0.2, -0.15) is 5.10 Å². The average molecular weight is 311 g/mol. The molecule has 3 rings (SSSR count). The quantitative estimate of drug-likeness (QED) is 0.890. The zero-order valence-electron chi connectivity index (χ0n) is 12.4. The topological polar surface area (TPSA) is 81.1 Å². The van der Waals surface area contributed by atoms with Crippen molar-refractivity contribution < 1.29 is 13.2 Å². The summed E-state index contributed by atoms with van der Waals surface area (Å²) in [5.41, 5.74) is 3.13. The number of nitrogens with one attached hydrogen (secondary N) is 1. The Balaban J connectivity index is 1.82. The van der Waals surface area contributed by atoms with Crippen LogP contribution in [0.4, 0.5) is 0 Å². The highest BCUT2D eigenvalue weighted by molar-refractivity contribution is 7.91. The first kappa shape index (κ1) is 14.6. The van der Waals surface area contributed by atoms with Crippen molar-refractivity contribution in [3.8, 4) is 0 Å². The second-order valence-electron chi connectivity index (χ2n) is 6.16. The van der Waals surface area contributed by atoms with Gasteiger partial charge < -0.3 is 5.32 Å². The van der Waals surface area contributed by atoms with E-state index in [4.69, 9.17) is 0 Å². The van der Waals surface area contributed by atoms with Crippen LogP contribution in [-0.2, 0) is 21.1 Å². The summed E-state index contributed by atoms with van der Waals surface area (Å²) in [6, 6.07) is 0.139. The second kappa shape index (κ2) is 5.12. The van der Waals surface area contributed by atoms with Crippen LogP contribution in [0.1, 0.15) is 42.3 Å². The summed E-state index contributed by atoms with van der Waals surface area (Å²) in [5, 5.41) is 7.54. The molecule has 1 amide bonds. The maximum Gasteiger partial charge on any atom is 0.220 e. The molecule has 3 heterocycles. The van der Waals surface area contributed by atoms with Crippen LogP contribution >= 0.6 is 0 Å². The van der Waals surface area contributed by atoms with Crippen LogP contribution in [0, 0.1) is 13.8 Å². The largest absolute Gasteiger partial charge is 0.353 e. The van der Waals surface area contributed by atoms with E-state index in [1.54, 1.807) is 0 Å². The van der Waals surface area contributed by atoms with Crippen molar-refractivity contribution in [2.75, 3.05) is 11.5 Å². The third-order valence-electron chi connectivity index (χ3n) is 4.56. The summed E-state index contributed by atoms with van der Waals surface area (Å²) >= 11 is 0. The lowest BCUT2D eigenvalue weighted by Gasteiger charge is -2.13. The molecular weight excluding hydrogens is 290 g/mol. The van der Waals surface area contributed by atoms with Crippen LogP contribution in [0.2, 0.25) is 0 Å². The summed E-state index contributed by atoms with van der Waals surface area (Å²) in [5.74, 6) is 0.558. The van der Waals surface area contributed by atoms with Gasteiger partial charge in [0.1, 0.15) is 0 Å². The van der Waals surface area contributed by atoms with Gasteiger partial charge in [-0.15, -0.1) is 0 Å². The van der Waals surface area contributed by atoms with Gasteiger partial charge in [-0.1, -0.05) is 0 Å². The number of sulfone groups is 1. The van der Waals surface area contributed by atoms with Crippen molar-refractivity contribution >= 4 is 15.7 Å². The van der Waals surface area contributed by atoms with Crippen LogP contribution < -0.4 is 5.32 Å². The van der Waals surface area contributed by atoms with Gasteiger partial charge in [-0.05, 0) is 38.7 Å². The van der Waals surface area contributed by atoms with E-state index in [1.165, 1.54) is 0 Å². The molecule has 0 aliphatic carbocycles. The molecule has 0 aromatic carbocycles. The number of hydrogen-bond acceptors (Lipinski definition) is 4. The Labute approximate surface area is 124 Å². The zero-order valence-corrected chi connectivity index (χ0v) is 13.2. The Hall–Kier alpha value is -1.37. The highest BCUT2D eigenvalue weighted by Gasteiger charge is 2.32. The molecule has 6 nitrogen and oxygen atoms in total. The number of rotatable bonds is 3. The Morgan fingerprint density at radius 2 is 2.10 bits per heavy atom. The normalized spacial score (nSPS) is 28.0. The lowest BCUT2D eigenvalue weighted by Crippen LogP contribution is -2.27. The molecule has 0 unspecified atom stereocenters. The van der Waals surface area contributed by atoms with Crippen molar-refractivity contribution in [3.05, 3.63) is 17.0 Å². The lowest BCUT2D eigenvalue weighted by atomic mass is 10.0. The molecule has 7 heteroatoms. The SMILES string of the molecule is Cc1nn([C@@H]2CCS(=O)(=O)C2)c(C)c1C[C@@H]1CCC(=O)N1. The van der Waals surface area contributed by atoms with Gasteiger partial charge in [-0.3, -0.25) is 9.48 Å². The Morgan fingerprint density at radius 3 is 2.67 bits per heavy atom. The Bertz CT molecular complexity index is 678. The first-order chi connectivity index (χ1) is 9.85. The number of aryl methyl sites for hydroxylation is 1. The molecule has 1 aromatic rings. The number of carbonyl (C=O) groups excluding carboxylic acids is 1. The van der Waals surface area contributed by atoms with Gasteiger partial charge in [0.05, 0.1) is 23.2 Å². The molecule has 21 heavy (non-hydrogen) atoms. The van der Waals surface area contributed by atoms with Gasteiger partial charge in [-0.25, -0.2) is 8.42 Å². The molecule has 1 N–H and O–H groups in total. The van der Waals surface area contributed by atoms with E-state index < -0.39 is 9.84 Å². The number of carbonyl (C=O) groups is 1. The van der Waals surface area contributed by atoms with Gasteiger partial charge in [0.25, 0.3) is 0 Å². The first-order valence-corrected chi connectivity index (χ1v) is 9.22. The van der Waals surface area contributed by atoms with Crippen LogP contribution in [0.5, 0.6) is 0 Å². The maximum atomic E-state index is 11.6. The fraction of sp³-hybridized carbons (Fsp3) is 0.714. The van der Waals surface area contributed by atoms with E-state index in [0.29, 0.717) is 12.8 Å². The maximum absolute atomic E-state index is 11.6. The van der Waals surface area contributed by atoms with E-state index >= 15 is 0 Å². The highest BCUT2D eigenvalue weighted by atomic mass is 32.2. The number of hydrogen-bond donors (Lipinski definition) is 1. The Kier molecular flexibility index (Phi) is 3.55. The summed E-state index contributed by atoms with van der Waals surface area (Å²) < 4.78 is 25.2. The smallest absolute Gasteiger partial charge is 0.220 e. The monoisotopic (exact) mass is 311 g/mol. The molecular formula is C14H21N3O3S. The Morgan fingerprint density at radius 1 is 1.33 bits per heavy atom. The van der Waals surface area contributed by atoms with Gasteiger partial charge >= 0.3 is 0 Å². The molecule has 2 atom stereocenters. The standard InChI is InChI=1S/C14H21N3O3S/c1-9-13(7-11-3-4-14(18)15-11)10(2)17(16-9)12-5-6-21(19,20)8-12/h11-12H,3-8H2,1-2H3,(H,15,18)/t11-,12+/m0/s1. The molecule has 0 radical (unpaired) electrons.